The lowest BCUT2D eigenvalue weighted by atomic mass is 10.1. The lowest BCUT2D eigenvalue weighted by Crippen LogP contribution is -2.04. The van der Waals surface area contributed by atoms with Crippen LogP contribution in [0.1, 0.15) is 38.4 Å². The van der Waals surface area contributed by atoms with E-state index in [1.165, 1.54) is 7.11 Å². The Labute approximate surface area is 147 Å². The van der Waals surface area contributed by atoms with Crippen LogP contribution in [0, 0.1) is 0 Å². The van der Waals surface area contributed by atoms with Gasteiger partial charge in [-0.05, 0) is 50.1 Å². The van der Waals surface area contributed by atoms with Gasteiger partial charge in [0.25, 0.3) is 0 Å². The maximum atomic E-state index is 12.3. The largest absolute Gasteiger partial charge is 0.497 e. The van der Waals surface area contributed by atoms with Crippen LogP contribution in [0.25, 0.3) is 10.8 Å². The van der Waals surface area contributed by atoms with Crippen molar-refractivity contribution in [2.75, 3.05) is 14.2 Å². The third kappa shape index (κ3) is 5.36. The maximum Gasteiger partial charge on any atom is 0.347 e. The van der Waals surface area contributed by atoms with Gasteiger partial charge in [0.2, 0.25) is 0 Å². The SMILES string of the molecule is COc1cc(OC)c2c(=O)oc(CCCC/C=C/C[C@H](C)O)cc2c1. The van der Waals surface area contributed by atoms with E-state index in [-0.39, 0.29) is 11.7 Å². The minimum Gasteiger partial charge on any atom is -0.497 e. The maximum absolute atomic E-state index is 12.3. The topological polar surface area (TPSA) is 68.9 Å². The molecule has 0 fully saturated rings. The third-order valence-electron chi connectivity index (χ3n) is 3.99. The number of hydrogen-bond acceptors (Lipinski definition) is 5. The Morgan fingerprint density at radius 1 is 1.16 bits per heavy atom. The van der Waals surface area contributed by atoms with Gasteiger partial charge in [0.15, 0.2) is 0 Å². The normalized spacial score (nSPS) is 12.6. The van der Waals surface area contributed by atoms with E-state index in [0.717, 1.165) is 24.6 Å². The van der Waals surface area contributed by atoms with E-state index in [4.69, 9.17) is 13.9 Å². The van der Waals surface area contributed by atoms with Gasteiger partial charge >= 0.3 is 5.63 Å². The molecule has 0 aliphatic rings. The number of aliphatic hydroxyl groups excluding tert-OH is 1. The second-order valence-corrected chi connectivity index (χ2v) is 6.10. The Balaban J connectivity index is 2.05. The first-order valence-corrected chi connectivity index (χ1v) is 8.57. The zero-order valence-corrected chi connectivity index (χ0v) is 15.1. The van der Waals surface area contributed by atoms with Crippen LogP contribution in [0.5, 0.6) is 11.5 Å². The van der Waals surface area contributed by atoms with Crippen LogP contribution in [0.3, 0.4) is 0 Å². The fraction of sp³-hybridized carbons (Fsp3) is 0.450. The molecule has 136 valence electrons. The Bertz CT molecular complexity index is 773. The molecular weight excluding hydrogens is 320 g/mol. The van der Waals surface area contributed by atoms with Gasteiger partial charge in [-0.25, -0.2) is 4.79 Å². The number of unbranched alkanes of at least 4 members (excludes halogenated alkanes) is 2. The molecule has 2 rings (SSSR count). The summed E-state index contributed by atoms with van der Waals surface area (Å²) in [7, 11) is 3.10. The lowest BCUT2D eigenvalue weighted by Gasteiger charge is -2.09. The molecule has 1 N–H and O–H groups in total. The van der Waals surface area contributed by atoms with Crippen LogP contribution in [-0.2, 0) is 6.42 Å². The summed E-state index contributed by atoms with van der Waals surface area (Å²) >= 11 is 0. The van der Waals surface area contributed by atoms with Crippen LogP contribution < -0.4 is 15.1 Å². The average Bonchev–Trinajstić information content (AvgIpc) is 2.59. The van der Waals surface area contributed by atoms with Gasteiger partial charge in [-0.15, -0.1) is 0 Å². The zero-order chi connectivity index (χ0) is 18.2. The molecule has 1 atom stereocenters. The Morgan fingerprint density at radius 3 is 2.64 bits per heavy atom. The van der Waals surface area contributed by atoms with Crippen molar-refractivity contribution >= 4 is 10.8 Å². The van der Waals surface area contributed by atoms with Crippen molar-refractivity contribution < 1.29 is 19.0 Å². The van der Waals surface area contributed by atoms with Crippen LogP contribution in [0.15, 0.2) is 39.6 Å². The molecule has 0 unspecified atom stereocenters. The average molecular weight is 346 g/mol. The van der Waals surface area contributed by atoms with Gasteiger partial charge in [-0.2, -0.15) is 0 Å². The van der Waals surface area contributed by atoms with Crippen molar-refractivity contribution in [1.29, 1.82) is 0 Å². The highest BCUT2D eigenvalue weighted by Crippen LogP contribution is 2.29. The van der Waals surface area contributed by atoms with Crippen LogP contribution >= 0.6 is 0 Å². The standard InChI is InChI=1S/C20H26O5/c1-14(21)9-7-5-4-6-8-10-16-11-15-12-17(23-2)13-18(24-3)19(15)20(22)25-16/h5,7,11-14,21H,4,6,8-10H2,1-3H3/b7-5+/t14-/m0/s1. The van der Waals surface area contributed by atoms with Crippen molar-refractivity contribution in [3.05, 3.63) is 46.5 Å². The molecule has 0 saturated carbocycles. The summed E-state index contributed by atoms with van der Waals surface area (Å²) in [6.07, 6.45) is 8.05. The Hall–Kier alpha value is -2.27. The first-order chi connectivity index (χ1) is 12.0. The monoisotopic (exact) mass is 346 g/mol. The van der Waals surface area contributed by atoms with Crippen molar-refractivity contribution in [3.63, 3.8) is 0 Å². The second-order valence-electron chi connectivity index (χ2n) is 6.10. The summed E-state index contributed by atoms with van der Waals surface area (Å²) in [4.78, 5) is 12.3. The highest BCUT2D eigenvalue weighted by molar-refractivity contribution is 5.88. The summed E-state index contributed by atoms with van der Waals surface area (Å²) in [5, 5.41) is 10.4. The number of rotatable bonds is 9. The number of ether oxygens (including phenoxy) is 2. The number of fused-ring (bicyclic) bond motifs is 1. The number of allylic oxidation sites excluding steroid dienone is 1. The predicted octanol–water partition coefficient (Wildman–Crippen LogP) is 3.85. The summed E-state index contributed by atoms with van der Waals surface area (Å²) in [5.74, 6) is 1.77. The van der Waals surface area contributed by atoms with Crippen molar-refractivity contribution in [1.82, 2.24) is 0 Å². The predicted molar refractivity (Wildman–Crippen MR) is 98.6 cm³/mol. The molecule has 1 aromatic heterocycles. The minimum atomic E-state index is -0.385. The Morgan fingerprint density at radius 2 is 1.96 bits per heavy atom. The van der Waals surface area contributed by atoms with E-state index >= 15 is 0 Å². The minimum absolute atomic E-state index is 0.294. The molecule has 25 heavy (non-hydrogen) atoms. The van der Waals surface area contributed by atoms with Gasteiger partial charge in [-0.3, -0.25) is 0 Å². The molecule has 5 nitrogen and oxygen atoms in total. The van der Waals surface area contributed by atoms with Gasteiger partial charge in [0, 0.05) is 12.5 Å². The summed E-state index contributed by atoms with van der Waals surface area (Å²) < 4.78 is 16.0. The quantitative estimate of drug-likeness (QED) is 0.552. The van der Waals surface area contributed by atoms with Gasteiger partial charge in [0.1, 0.15) is 22.6 Å². The first kappa shape index (κ1) is 19.1. The van der Waals surface area contributed by atoms with Gasteiger partial charge < -0.3 is 19.0 Å². The molecule has 0 aliphatic carbocycles. The van der Waals surface area contributed by atoms with E-state index in [9.17, 15) is 9.90 Å². The molecule has 0 amide bonds. The molecule has 1 heterocycles. The number of aryl methyl sites for hydroxylation is 1. The second kappa shape index (κ2) is 9.28. The van der Waals surface area contributed by atoms with Crippen LogP contribution in [0.2, 0.25) is 0 Å². The molecule has 0 saturated heterocycles. The summed E-state index contributed by atoms with van der Waals surface area (Å²) in [6, 6.07) is 5.38. The van der Waals surface area contributed by atoms with E-state index in [1.807, 2.05) is 18.2 Å². The molecule has 0 bridgehead atoms. The molecule has 5 heteroatoms. The first-order valence-electron chi connectivity index (χ1n) is 8.57. The van der Waals surface area contributed by atoms with Gasteiger partial charge in [-0.1, -0.05) is 12.2 Å². The van der Waals surface area contributed by atoms with Crippen LogP contribution in [-0.4, -0.2) is 25.4 Å². The van der Waals surface area contributed by atoms with Crippen molar-refractivity contribution in [2.24, 2.45) is 0 Å². The fourth-order valence-electron chi connectivity index (χ4n) is 2.69. The highest BCUT2D eigenvalue weighted by Gasteiger charge is 2.12. The lowest BCUT2D eigenvalue weighted by molar-refractivity contribution is 0.198. The van der Waals surface area contributed by atoms with E-state index < -0.39 is 0 Å². The Kier molecular flexibility index (Phi) is 7.07. The van der Waals surface area contributed by atoms with Crippen molar-refractivity contribution in [2.45, 2.75) is 45.1 Å². The smallest absolute Gasteiger partial charge is 0.347 e. The summed E-state index contributed by atoms with van der Waals surface area (Å²) in [5.41, 5.74) is -0.385. The zero-order valence-electron chi connectivity index (χ0n) is 15.1. The molecule has 1 aromatic carbocycles. The fourth-order valence-corrected chi connectivity index (χ4v) is 2.69. The van der Waals surface area contributed by atoms with Gasteiger partial charge in [0.05, 0.1) is 20.3 Å². The number of benzene rings is 1. The summed E-state index contributed by atoms with van der Waals surface area (Å²) in [6.45, 7) is 1.77. The molecular formula is C20H26O5. The van der Waals surface area contributed by atoms with Crippen LogP contribution in [0.4, 0.5) is 0 Å². The number of methoxy groups -OCH3 is 2. The van der Waals surface area contributed by atoms with Crippen molar-refractivity contribution in [3.8, 4) is 11.5 Å². The molecule has 0 spiro atoms. The van der Waals surface area contributed by atoms with E-state index in [1.54, 1.807) is 20.1 Å². The number of aliphatic hydroxyl groups is 1. The number of hydrogen-bond donors (Lipinski definition) is 1. The van der Waals surface area contributed by atoms with E-state index in [0.29, 0.717) is 35.5 Å². The molecule has 0 aliphatic heterocycles. The molecule has 0 radical (unpaired) electrons. The third-order valence-corrected chi connectivity index (χ3v) is 3.99. The van der Waals surface area contributed by atoms with E-state index in [2.05, 4.69) is 6.08 Å². The molecule has 2 aromatic rings. The highest BCUT2D eigenvalue weighted by atomic mass is 16.5.